The van der Waals surface area contributed by atoms with Crippen molar-refractivity contribution in [2.24, 2.45) is 0 Å². The number of hydrogen-bond donors (Lipinski definition) is 2. The molecular weight excluding hydrogens is 347 g/mol. The Morgan fingerprint density at radius 3 is 2.50 bits per heavy atom. The first-order valence-electron chi connectivity index (χ1n) is 5.63. The van der Waals surface area contributed by atoms with E-state index in [2.05, 4.69) is 20.7 Å². The zero-order chi connectivity index (χ0) is 14.9. The van der Waals surface area contributed by atoms with Crippen molar-refractivity contribution in [3.63, 3.8) is 0 Å². The zero-order valence-corrected chi connectivity index (χ0v) is 12.9. The van der Waals surface area contributed by atoms with Crippen LogP contribution in [0.2, 0.25) is 0 Å². The average molecular weight is 359 g/mol. The summed E-state index contributed by atoms with van der Waals surface area (Å²) in [7, 11) is -3.80. The summed E-state index contributed by atoms with van der Waals surface area (Å²) in [6, 6.07) is 8.46. The molecule has 0 heterocycles. The molecule has 0 atom stereocenters. The lowest BCUT2D eigenvalue weighted by Gasteiger charge is -2.10. The van der Waals surface area contributed by atoms with Crippen LogP contribution in [0.25, 0.3) is 0 Å². The molecule has 4 nitrogen and oxygen atoms in total. The summed E-state index contributed by atoms with van der Waals surface area (Å²) in [6.45, 7) is 1.85. The standard InChI is InChI=1S/C13H12BrFN2O2S/c1-8-4-9(14)6-10(5-8)17-20(18,19)11-2-3-12(15)13(16)7-11/h2-7,17H,16H2,1H3. The van der Waals surface area contributed by atoms with Gasteiger partial charge in [-0.1, -0.05) is 15.9 Å². The number of benzene rings is 2. The summed E-state index contributed by atoms with van der Waals surface area (Å²) in [6.07, 6.45) is 0. The van der Waals surface area contributed by atoms with Gasteiger partial charge in [0, 0.05) is 4.47 Å². The molecule has 106 valence electrons. The van der Waals surface area contributed by atoms with Gasteiger partial charge in [-0.3, -0.25) is 4.72 Å². The minimum Gasteiger partial charge on any atom is -0.396 e. The number of anilines is 2. The minimum atomic E-state index is -3.80. The van der Waals surface area contributed by atoms with Crippen LogP contribution in [0.1, 0.15) is 5.56 Å². The van der Waals surface area contributed by atoms with E-state index in [1.165, 1.54) is 6.07 Å². The van der Waals surface area contributed by atoms with Crippen molar-refractivity contribution in [1.29, 1.82) is 0 Å². The predicted molar refractivity (Wildman–Crippen MR) is 80.5 cm³/mol. The van der Waals surface area contributed by atoms with Gasteiger partial charge >= 0.3 is 0 Å². The second-order valence-corrected chi connectivity index (χ2v) is 6.90. The van der Waals surface area contributed by atoms with Crippen molar-refractivity contribution in [3.05, 3.63) is 52.3 Å². The van der Waals surface area contributed by atoms with Crippen LogP contribution in [0.15, 0.2) is 45.8 Å². The Bertz CT molecular complexity index is 743. The van der Waals surface area contributed by atoms with E-state index in [-0.39, 0.29) is 10.6 Å². The number of aryl methyl sites for hydroxylation is 1. The van der Waals surface area contributed by atoms with Gasteiger partial charge in [-0.05, 0) is 48.9 Å². The maximum atomic E-state index is 13.1. The summed E-state index contributed by atoms with van der Waals surface area (Å²) in [5.41, 5.74) is 6.49. The fraction of sp³-hybridized carbons (Fsp3) is 0.0769. The molecule has 7 heteroatoms. The Kier molecular flexibility index (Phi) is 4.01. The van der Waals surface area contributed by atoms with Crippen LogP contribution >= 0.6 is 15.9 Å². The van der Waals surface area contributed by atoms with E-state index >= 15 is 0 Å². The SMILES string of the molecule is Cc1cc(Br)cc(NS(=O)(=O)c2ccc(F)c(N)c2)c1. The summed E-state index contributed by atoms with van der Waals surface area (Å²) >= 11 is 3.29. The maximum absolute atomic E-state index is 13.1. The van der Waals surface area contributed by atoms with Gasteiger partial charge in [-0.25, -0.2) is 12.8 Å². The van der Waals surface area contributed by atoms with Crippen LogP contribution in [0.4, 0.5) is 15.8 Å². The molecular formula is C13H12BrFN2O2S. The van der Waals surface area contributed by atoms with E-state index in [0.717, 1.165) is 22.2 Å². The van der Waals surface area contributed by atoms with Gasteiger partial charge < -0.3 is 5.73 Å². The fourth-order valence-corrected chi connectivity index (χ4v) is 3.38. The predicted octanol–water partition coefficient (Wildman–Crippen LogP) is 3.28. The first kappa shape index (κ1) is 14.8. The van der Waals surface area contributed by atoms with Crippen molar-refractivity contribution in [2.45, 2.75) is 11.8 Å². The maximum Gasteiger partial charge on any atom is 0.261 e. The molecule has 0 saturated carbocycles. The normalized spacial score (nSPS) is 11.3. The molecule has 0 amide bonds. The fourth-order valence-electron chi connectivity index (χ4n) is 1.70. The van der Waals surface area contributed by atoms with E-state index in [9.17, 15) is 12.8 Å². The van der Waals surface area contributed by atoms with Gasteiger partial charge in [0.2, 0.25) is 0 Å². The molecule has 0 aliphatic heterocycles. The van der Waals surface area contributed by atoms with E-state index in [1.54, 1.807) is 12.1 Å². The molecule has 0 saturated heterocycles. The van der Waals surface area contributed by atoms with Crippen molar-refractivity contribution in [1.82, 2.24) is 0 Å². The monoisotopic (exact) mass is 358 g/mol. The molecule has 2 aromatic rings. The van der Waals surface area contributed by atoms with E-state index in [0.29, 0.717) is 5.69 Å². The van der Waals surface area contributed by atoms with Gasteiger partial charge in [0.05, 0.1) is 16.3 Å². The van der Waals surface area contributed by atoms with E-state index in [1.807, 2.05) is 13.0 Å². The van der Waals surface area contributed by atoms with Gasteiger partial charge in [0.15, 0.2) is 0 Å². The highest BCUT2D eigenvalue weighted by Crippen LogP contribution is 2.23. The molecule has 2 aromatic carbocycles. The first-order valence-corrected chi connectivity index (χ1v) is 7.90. The average Bonchev–Trinajstić information content (AvgIpc) is 2.30. The highest BCUT2D eigenvalue weighted by atomic mass is 79.9. The molecule has 0 aromatic heterocycles. The quantitative estimate of drug-likeness (QED) is 0.827. The number of sulfonamides is 1. The van der Waals surface area contributed by atoms with Crippen LogP contribution < -0.4 is 10.5 Å². The Balaban J connectivity index is 2.37. The van der Waals surface area contributed by atoms with Crippen LogP contribution in [0.5, 0.6) is 0 Å². The van der Waals surface area contributed by atoms with Crippen molar-refractivity contribution in [3.8, 4) is 0 Å². The Hall–Kier alpha value is -1.60. The summed E-state index contributed by atoms with van der Waals surface area (Å²) in [5, 5.41) is 0. The third-order valence-corrected chi connectivity index (χ3v) is 4.41. The van der Waals surface area contributed by atoms with Crippen molar-refractivity contribution >= 4 is 37.3 Å². The summed E-state index contributed by atoms with van der Waals surface area (Å²) < 4.78 is 40.6. The minimum absolute atomic E-state index is 0.0889. The van der Waals surface area contributed by atoms with Crippen LogP contribution in [0, 0.1) is 12.7 Å². The van der Waals surface area contributed by atoms with Crippen molar-refractivity contribution in [2.75, 3.05) is 10.5 Å². The van der Waals surface area contributed by atoms with Crippen LogP contribution in [-0.4, -0.2) is 8.42 Å². The lowest BCUT2D eigenvalue weighted by atomic mass is 10.2. The first-order chi connectivity index (χ1) is 9.28. The second kappa shape index (κ2) is 5.41. The molecule has 20 heavy (non-hydrogen) atoms. The number of nitrogen functional groups attached to an aromatic ring is 1. The Labute approximate surface area is 125 Å². The Morgan fingerprint density at radius 2 is 1.90 bits per heavy atom. The molecule has 0 aliphatic carbocycles. The molecule has 0 fully saturated rings. The van der Waals surface area contributed by atoms with E-state index < -0.39 is 15.8 Å². The lowest BCUT2D eigenvalue weighted by molar-refractivity contribution is 0.600. The van der Waals surface area contributed by atoms with E-state index in [4.69, 9.17) is 5.73 Å². The molecule has 0 aliphatic rings. The molecule has 3 N–H and O–H groups in total. The number of nitrogens with two attached hydrogens (primary N) is 1. The van der Waals surface area contributed by atoms with Crippen LogP contribution in [-0.2, 0) is 10.0 Å². The second-order valence-electron chi connectivity index (χ2n) is 4.31. The highest BCUT2D eigenvalue weighted by molar-refractivity contribution is 9.10. The number of nitrogens with one attached hydrogen (secondary N) is 1. The third kappa shape index (κ3) is 3.29. The largest absolute Gasteiger partial charge is 0.396 e. The number of halogens is 2. The highest BCUT2D eigenvalue weighted by Gasteiger charge is 2.16. The molecule has 0 radical (unpaired) electrons. The number of hydrogen-bond acceptors (Lipinski definition) is 3. The van der Waals surface area contributed by atoms with Gasteiger partial charge in [-0.15, -0.1) is 0 Å². The van der Waals surface area contributed by atoms with Crippen molar-refractivity contribution < 1.29 is 12.8 Å². The third-order valence-electron chi connectivity index (χ3n) is 2.57. The topological polar surface area (TPSA) is 72.2 Å². The zero-order valence-electron chi connectivity index (χ0n) is 10.5. The molecule has 0 unspecified atom stereocenters. The summed E-state index contributed by atoms with van der Waals surface area (Å²) in [5.74, 6) is -0.651. The smallest absolute Gasteiger partial charge is 0.261 e. The van der Waals surface area contributed by atoms with Gasteiger partial charge in [-0.2, -0.15) is 0 Å². The lowest BCUT2D eigenvalue weighted by Crippen LogP contribution is -2.13. The van der Waals surface area contributed by atoms with Gasteiger partial charge in [0.1, 0.15) is 5.82 Å². The van der Waals surface area contributed by atoms with Crippen LogP contribution in [0.3, 0.4) is 0 Å². The van der Waals surface area contributed by atoms with Gasteiger partial charge in [0.25, 0.3) is 10.0 Å². The summed E-state index contributed by atoms with van der Waals surface area (Å²) in [4.78, 5) is -0.0889. The molecule has 0 spiro atoms. The number of rotatable bonds is 3. The molecule has 0 bridgehead atoms. The molecule has 2 rings (SSSR count). The Morgan fingerprint density at radius 1 is 1.20 bits per heavy atom.